The van der Waals surface area contributed by atoms with Gasteiger partial charge < -0.3 is 9.47 Å². The van der Waals surface area contributed by atoms with Gasteiger partial charge in [-0.25, -0.2) is 4.98 Å². The molecule has 0 saturated carbocycles. The number of hydrogen-bond acceptors (Lipinski definition) is 3. The van der Waals surface area contributed by atoms with Gasteiger partial charge >= 0.3 is 0 Å². The van der Waals surface area contributed by atoms with E-state index in [0.717, 1.165) is 45.1 Å². The van der Waals surface area contributed by atoms with E-state index < -0.39 is 0 Å². The van der Waals surface area contributed by atoms with Gasteiger partial charge in [0.15, 0.2) is 0 Å². The maximum Gasteiger partial charge on any atom is 0.118 e. The zero-order valence-corrected chi connectivity index (χ0v) is 15.9. The van der Waals surface area contributed by atoms with Gasteiger partial charge in [0, 0.05) is 11.1 Å². The first-order valence-corrected chi connectivity index (χ1v) is 9.13. The molecule has 0 atom stereocenters. The quantitative estimate of drug-likeness (QED) is 0.427. The van der Waals surface area contributed by atoms with Crippen molar-refractivity contribution in [3.63, 3.8) is 0 Å². The highest BCUT2D eigenvalue weighted by atomic mass is 16.5. The molecule has 0 aliphatic carbocycles. The van der Waals surface area contributed by atoms with Crippen LogP contribution in [-0.2, 0) is 0 Å². The largest absolute Gasteiger partial charge is 0.497 e. The molecular weight excluding hydrogens is 346 g/mol. The number of ether oxygens (including phenoxy) is 2. The van der Waals surface area contributed by atoms with Crippen LogP contribution in [0.3, 0.4) is 0 Å². The average molecular weight is 367 g/mol. The van der Waals surface area contributed by atoms with Crippen molar-refractivity contribution in [2.45, 2.75) is 0 Å². The minimum absolute atomic E-state index is 0.832. The van der Waals surface area contributed by atoms with Crippen molar-refractivity contribution in [3.8, 4) is 45.1 Å². The molecule has 138 valence electrons. The van der Waals surface area contributed by atoms with Gasteiger partial charge in [0.1, 0.15) is 11.5 Å². The number of nitrogens with zero attached hydrogens (tertiary/aromatic N) is 1. The van der Waals surface area contributed by atoms with Crippen LogP contribution >= 0.6 is 0 Å². The summed E-state index contributed by atoms with van der Waals surface area (Å²) < 4.78 is 10.6. The topological polar surface area (TPSA) is 31.4 Å². The molecule has 0 unspecified atom stereocenters. The number of hydrogen-bond donors (Lipinski definition) is 0. The summed E-state index contributed by atoms with van der Waals surface area (Å²) in [5.74, 6) is 1.68. The zero-order chi connectivity index (χ0) is 19.3. The maximum atomic E-state index is 5.29. The monoisotopic (exact) mass is 367 g/mol. The molecule has 0 N–H and O–H groups in total. The summed E-state index contributed by atoms with van der Waals surface area (Å²) in [4.78, 5) is 4.92. The van der Waals surface area contributed by atoms with E-state index in [4.69, 9.17) is 14.5 Å². The number of benzene rings is 3. The van der Waals surface area contributed by atoms with Gasteiger partial charge in [0.25, 0.3) is 0 Å². The molecule has 28 heavy (non-hydrogen) atoms. The van der Waals surface area contributed by atoms with E-state index in [1.54, 1.807) is 14.2 Å². The first-order chi connectivity index (χ1) is 13.8. The third kappa shape index (κ3) is 3.74. The summed E-state index contributed by atoms with van der Waals surface area (Å²) >= 11 is 0. The molecule has 3 aromatic carbocycles. The van der Waals surface area contributed by atoms with Crippen LogP contribution in [0.15, 0.2) is 91.0 Å². The van der Waals surface area contributed by atoms with Crippen molar-refractivity contribution in [2.24, 2.45) is 0 Å². The van der Waals surface area contributed by atoms with Crippen molar-refractivity contribution in [1.82, 2.24) is 4.98 Å². The Balaban J connectivity index is 1.84. The second-order valence-corrected chi connectivity index (χ2v) is 6.45. The van der Waals surface area contributed by atoms with Crippen molar-refractivity contribution in [3.05, 3.63) is 91.0 Å². The molecule has 0 aliphatic rings. The predicted molar refractivity (Wildman–Crippen MR) is 114 cm³/mol. The summed E-state index contributed by atoms with van der Waals surface area (Å²) in [6, 6.07) is 30.6. The van der Waals surface area contributed by atoms with Gasteiger partial charge in [-0.3, -0.25) is 0 Å². The fourth-order valence-electron chi connectivity index (χ4n) is 3.15. The SMILES string of the molecule is COc1ccc(-c2cc(-c3ccccc3)nc(-c3ccc(OC)cc3)c2)cc1. The van der Waals surface area contributed by atoms with E-state index in [-0.39, 0.29) is 0 Å². The second-order valence-electron chi connectivity index (χ2n) is 6.45. The normalized spacial score (nSPS) is 10.5. The standard InChI is InChI=1S/C25H21NO2/c1-27-22-12-8-18(9-13-22)21-16-24(19-6-4-3-5-7-19)26-25(17-21)20-10-14-23(28-2)15-11-20/h3-17H,1-2H3. The van der Waals surface area contributed by atoms with Crippen molar-refractivity contribution >= 4 is 0 Å². The molecule has 3 nitrogen and oxygen atoms in total. The van der Waals surface area contributed by atoms with Gasteiger partial charge in [0.05, 0.1) is 25.6 Å². The lowest BCUT2D eigenvalue weighted by molar-refractivity contribution is 0.415. The van der Waals surface area contributed by atoms with Crippen LogP contribution in [0.2, 0.25) is 0 Å². The lowest BCUT2D eigenvalue weighted by Gasteiger charge is -2.11. The Morgan fingerprint density at radius 2 is 0.964 bits per heavy atom. The van der Waals surface area contributed by atoms with Gasteiger partial charge in [0.2, 0.25) is 0 Å². The Hall–Kier alpha value is -3.59. The summed E-state index contributed by atoms with van der Waals surface area (Å²) in [7, 11) is 3.35. The zero-order valence-electron chi connectivity index (χ0n) is 15.9. The minimum atomic E-state index is 0.832. The number of methoxy groups -OCH3 is 2. The van der Waals surface area contributed by atoms with Gasteiger partial charge in [-0.15, -0.1) is 0 Å². The van der Waals surface area contributed by atoms with E-state index in [1.807, 2.05) is 54.6 Å². The van der Waals surface area contributed by atoms with Gasteiger partial charge in [-0.1, -0.05) is 42.5 Å². The van der Waals surface area contributed by atoms with Crippen LogP contribution < -0.4 is 9.47 Å². The molecule has 0 radical (unpaired) electrons. The van der Waals surface area contributed by atoms with E-state index in [9.17, 15) is 0 Å². The fraction of sp³-hybridized carbons (Fsp3) is 0.0800. The van der Waals surface area contributed by atoms with Crippen LogP contribution in [0.4, 0.5) is 0 Å². The summed E-state index contributed by atoms with van der Waals surface area (Å²) in [5.41, 5.74) is 6.24. The van der Waals surface area contributed by atoms with E-state index in [2.05, 4.69) is 36.4 Å². The predicted octanol–water partition coefficient (Wildman–Crippen LogP) is 6.10. The van der Waals surface area contributed by atoms with E-state index in [0.29, 0.717) is 0 Å². The van der Waals surface area contributed by atoms with E-state index in [1.165, 1.54) is 0 Å². The van der Waals surface area contributed by atoms with Crippen LogP contribution in [0.5, 0.6) is 11.5 Å². The highest BCUT2D eigenvalue weighted by Gasteiger charge is 2.09. The second kappa shape index (κ2) is 7.97. The lowest BCUT2D eigenvalue weighted by Crippen LogP contribution is -1.92. The molecule has 1 aromatic heterocycles. The number of rotatable bonds is 5. The smallest absolute Gasteiger partial charge is 0.118 e. The molecule has 0 saturated heterocycles. The molecule has 0 fully saturated rings. The number of pyridine rings is 1. The van der Waals surface area contributed by atoms with Crippen LogP contribution in [0.1, 0.15) is 0 Å². The minimum Gasteiger partial charge on any atom is -0.497 e. The summed E-state index contributed by atoms with van der Waals surface area (Å²) in [6.45, 7) is 0. The van der Waals surface area contributed by atoms with Crippen LogP contribution in [0, 0.1) is 0 Å². The van der Waals surface area contributed by atoms with Gasteiger partial charge in [-0.05, 0) is 59.7 Å². The Morgan fingerprint density at radius 1 is 0.500 bits per heavy atom. The molecule has 0 aliphatic heterocycles. The molecule has 0 bridgehead atoms. The Morgan fingerprint density at radius 3 is 1.46 bits per heavy atom. The Kier molecular flexibility index (Phi) is 5.07. The van der Waals surface area contributed by atoms with Crippen molar-refractivity contribution in [1.29, 1.82) is 0 Å². The highest BCUT2D eigenvalue weighted by Crippen LogP contribution is 2.31. The van der Waals surface area contributed by atoms with Gasteiger partial charge in [-0.2, -0.15) is 0 Å². The fourth-order valence-corrected chi connectivity index (χ4v) is 3.15. The molecule has 4 aromatic rings. The molecule has 3 heteroatoms. The molecule has 0 amide bonds. The first kappa shape index (κ1) is 17.8. The van der Waals surface area contributed by atoms with Crippen LogP contribution in [0.25, 0.3) is 33.6 Å². The highest BCUT2D eigenvalue weighted by molar-refractivity contribution is 5.76. The average Bonchev–Trinajstić information content (AvgIpc) is 2.79. The summed E-state index contributed by atoms with van der Waals surface area (Å²) in [5, 5.41) is 0. The Labute approximate surface area is 165 Å². The van der Waals surface area contributed by atoms with Crippen molar-refractivity contribution in [2.75, 3.05) is 14.2 Å². The Bertz CT molecular complexity index is 990. The third-order valence-electron chi connectivity index (χ3n) is 4.70. The van der Waals surface area contributed by atoms with Crippen LogP contribution in [-0.4, -0.2) is 19.2 Å². The van der Waals surface area contributed by atoms with Crippen molar-refractivity contribution < 1.29 is 9.47 Å². The molecular formula is C25H21NO2. The first-order valence-electron chi connectivity index (χ1n) is 9.13. The maximum absolute atomic E-state index is 5.29. The molecule has 4 rings (SSSR count). The van der Waals surface area contributed by atoms with E-state index >= 15 is 0 Å². The third-order valence-corrected chi connectivity index (χ3v) is 4.70. The molecule has 1 heterocycles. The molecule has 0 spiro atoms. The lowest BCUT2D eigenvalue weighted by atomic mass is 10.00. The summed E-state index contributed by atoms with van der Waals surface area (Å²) in [6.07, 6.45) is 0. The number of aromatic nitrogens is 1.